The van der Waals surface area contributed by atoms with Gasteiger partial charge in [0.2, 0.25) is 5.91 Å². The topological polar surface area (TPSA) is 80.3 Å². The van der Waals surface area contributed by atoms with Gasteiger partial charge in [-0.15, -0.1) is 0 Å². The fourth-order valence-corrected chi connectivity index (χ4v) is 3.22. The lowest BCUT2D eigenvalue weighted by Crippen LogP contribution is -2.27. The van der Waals surface area contributed by atoms with Crippen molar-refractivity contribution in [2.75, 3.05) is 21.1 Å². The van der Waals surface area contributed by atoms with Crippen molar-refractivity contribution in [3.8, 4) is 11.4 Å². The number of aromatic nitrogens is 4. The molecule has 0 radical (unpaired) electrons. The first-order valence-electron chi connectivity index (χ1n) is 9.20. The first kappa shape index (κ1) is 21.8. The smallest absolute Gasteiger partial charge is 0.347 e. The number of alkyl halides is 3. The zero-order valence-electron chi connectivity index (χ0n) is 17.4. The van der Waals surface area contributed by atoms with E-state index in [4.69, 9.17) is 0 Å². The number of pyridine rings is 1. The molecule has 30 heavy (non-hydrogen) atoms. The van der Waals surface area contributed by atoms with E-state index in [1.807, 2.05) is 0 Å². The first-order chi connectivity index (χ1) is 14.0. The van der Waals surface area contributed by atoms with Gasteiger partial charge in [-0.3, -0.25) is 9.69 Å². The molecule has 2 aliphatic heterocycles. The van der Waals surface area contributed by atoms with Gasteiger partial charge in [-0.25, -0.2) is 9.61 Å². The van der Waals surface area contributed by atoms with E-state index in [0.717, 1.165) is 5.56 Å². The molecule has 0 atom stereocenters. The van der Waals surface area contributed by atoms with Gasteiger partial charge in [0.15, 0.2) is 5.69 Å². The van der Waals surface area contributed by atoms with Crippen LogP contribution in [0, 0.1) is 13.8 Å². The highest BCUT2D eigenvalue weighted by molar-refractivity contribution is 5.77. The molecule has 0 aromatic carbocycles. The zero-order valence-corrected chi connectivity index (χ0v) is 17.4. The highest BCUT2D eigenvalue weighted by Gasteiger charge is 2.40. The Kier molecular flexibility index (Phi) is 5.84. The summed E-state index contributed by atoms with van der Waals surface area (Å²) in [6.45, 7) is 3.65. The van der Waals surface area contributed by atoms with Gasteiger partial charge in [-0.05, 0) is 32.5 Å². The minimum absolute atomic E-state index is 0.0112. The Morgan fingerprint density at radius 3 is 2.43 bits per heavy atom. The van der Waals surface area contributed by atoms with E-state index in [0.29, 0.717) is 17.0 Å². The fraction of sp³-hybridized carbons (Fsp3) is 0.474. The highest BCUT2D eigenvalue weighted by Crippen LogP contribution is 2.39. The molecule has 3 rings (SSSR count). The van der Waals surface area contributed by atoms with Crippen LogP contribution in [-0.2, 0) is 30.6 Å². The van der Waals surface area contributed by atoms with Crippen LogP contribution < -0.4 is 0 Å². The molecule has 3 heterocycles. The Balaban J connectivity index is 2.02. The van der Waals surface area contributed by atoms with Crippen LogP contribution in [0.5, 0.6) is 0 Å². The predicted molar refractivity (Wildman–Crippen MR) is 101 cm³/mol. The molecule has 1 amide bonds. The minimum atomic E-state index is -4.63. The summed E-state index contributed by atoms with van der Waals surface area (Å²) in [4.78, 5) is 19.1. The highest BCUT2D eigenvalue weighted by atomic mass is 19.4. The summed E-state index contributed by atoms with van der Waals surface area (Å²) in [6, 6.07) is 1.67. The van der Waals surface area contributed by atoms with E-state index >= 15 is 0 Å². The lowest BCUT2D eigenvalue weighted by Gasteiger charge is -2.19. The van der Waals surface area contributed by atoms with E-state index in [1.54, 1.807) is 52.2 Å². The molecule has 0 saturated heterocycles. The van der Waals surface area contributed by atoms with Crippen molar-refractivity contribution in [2.24, 2.45) is 0 Å². The molecular formula is C19H23F3N6O2. The van der Waals surface area contributed by atoms with Gasteiger partial charge in [-0.2, -0.15) is 13.2 Å². The third-order valence-electron chi connectivity index (χ3n) is 4.74. The van der Waals surface area contributed by atoms with E-state index < -0.39 is 11.9 Å². The van der Waals surface area contributed by atoms with Crippen LogP contribution in [0.3, 0.4) is 0 Å². The van der Waals surface area contributed by atoms with Crippen LogP contribution in [0.1, 0.15) is 28.2 Å². The molecule has 1 aromatic rings. The standard InChI is InChI=1S/C19H23F3N6O2/c1-11-6-13-14(8-27(5)9-15-12(2)24-30-25-15)17(19(20,21)22)23-18(13)28(7-11)10-16(29)26(3)4/h6-7H,8-10H2,1-5H3. The number of hydrogen-bond donors (Lipinski definition) is 0. The van der Waals surface area contributed by atoms with Crippen molar-refractivity contribution >= 4 is 5.91 Å². The second kappa shape index (κ2) is 8.05. The van der Waals surface area contributed by atoms with E-state index in [2.05, 4.69) is 19.9 Å². The largest absolute Gasteiger partial charge is 0.433 e. The molecule has 0 unspecified atom stereocenters. The van der Waals surface area contributed by atoms with Crippen LogP contribution in [0.4, 0.5) is 13.2 Å². The summed E-state index contributed by atoms with van der Waals surface area (Å²) in [5, 5.41) is 7.48. The third-order valence-corrected chi connectivity index (χ3v) is 4.74. The third kappa shape index (κ3) is 4.45. The predicted octanol–water partition coefficient (Wildman–Crippen LogP) is 2.73. The summed E-state index contributed by atoms with van der Waals surface area (Å²) >= 11 is 0. The number of carbonyl (C=O) groups is 1. The Morgan fingerprint density at radius 2 is 1.87 bits per heavy atom. The van der Waals surface area contributed by atoms with E-state index in [-0.39, 0.29) is 36.9 Å². The van der Waals surface area contributed by atoms with Crippen molar-refractivity contribution in [1.82, 2.24) is 29.7 Å². The molecule has 1 aromatic heterocycles. The molecule has 0 bridgehead atoms. The number of aryl methyl sites for hydroxylation is 2. The van der Waals surface area contributed by atoms with Crippen LogP contribution in [-0.4, -0.2) is 56.7 Å². The average Bonchev–Trinajstić information content (AvgIpc) is 3.19. The number of halogens is 3. The molecule has 0 N–H and O–H groups in total. The lowest BCUT2D eigenvalue weighted by atomic mass is 10.1. The SMILES string of the molecule is Cc1cc2c(CN(C)Cc3nonc3C)c(C(F)(F)F)nc-2n(CC(=O)N(C)C)c1. The summed E-state index contributed by atoms with van der Waals surface area (Å²) in [6.07, 6.45) is -2.99. The van der Waals surface area contributed by atoms with Crippen molar-refractivity contribution in [1.29, 1.82) is 0 Å². The number of fused-ring (bicyclic) bond motifs is 1. The molecule has 162 valence electrons. The van der Waals surface area contributed by atoms with Crippen LogP contribution >= 0.6 is 0 Å². The van der Waals surface area contributed by atoms with Gasteiger partial charge >= 0.3 is 6.18 Å². The zero-order chi connectivity index (χ0) is 22.2. The van der Waals surface area contributed by atoms with Gasteiger partial charge < -0.3 is 9.47 Å². The number of hydrogen-bond acceptors (Lipinski definition) is 6. The summed E-state index contributed by atoms with van der Waals surface area (Å²) in [5.41, 5.74) is 1.35. The van der Waals surface area contributed by atoms with Gasteiger partial charge in [0.1, 0.15) is 23.8 Å². The van der Waals surface area contributed by atoms with Crippen LogP contribution in [0.2, 0.25) is 0 Å². The van der Waals surface area contributed by atoms with E-state index in [9.17, 15) is 18.0 Å². The van der Waals surface area contributed by atoms with Gasteiger partial charge in [0.25, 0.3) is 0 Å². The second-order valence-corrected chi connectivity index (χ2v) is 7.58. The lowest BCUT2D eigenvalue weighted by molar-refractivity contribution is -0.141. The minimum Gasteiger partial charge on any atom is -0.347 e. The number of rotatable bonds is 6. The van der Waals surface area contributed by atoms with E-state index in [1.165, 1.54) is 9.47 Å². The Labute approximate surface area is 171 Å². The summed E-state index contributed by atoms with van der Waals surface area (Å²) in [7, 11) is 4.87. The maximum atomic E-state index is 13.8. The molecule has 0 spiro atoms. The van der Waals surface area contributed by atoms with Gasteiger partial charge in [0.05, 0.1) is 0 Å². The average molecular weight is 424 g/mol. The maximum Gasteiger partial charge on any atom is 0.433 e. The van der Waals surface area contributed by atoms with Crippen LogP contribution in [0.25, 0.3) is 11.4 Å². The Bertz CT molecular complexity index is 1020. The number of carbonyl (C=O) groups excluding carboxylic acids is 1. The molecule has 11 heteroatoms. The van der Waals surface area contributed by atoms with Crippen molar-refractivity contribution < 1.29 is 22.6 Å². The number of amides is 1. The van der Waals surface area contributed by atoms with Crippen molar-refractivity contribution in [3.05, 3.63) is 40.5 Å². The normalized spacial score (nSPS) is 12.2. The number of nitrogens with zero attached hydrogens (tertiary/aromatic N) is 6. The first-order valence-corrected chi connectivity index (χ1v) is 9.20. The monoisotopic (exact) mass is 424 g/mol. The van der Waals surface area contributed by atoms with Crippen molar-refractivity contribution in [3.63, 3.8) is 0 Å². The molecule has 2 aliphatic rings. The molecule has 0 aliphatic carbocycles. The second-order valence-electron chi connectivity index (χ2n) is 7.58. The summed E-state index contributed by atoms with van der Waals surface area (Å²) < 4.78 is 47.5. The molecular weight excluding hydrogens is 401 g/mol. The maximum absolute atomic E-state index is 13.8. The van der Waals surface area contributed by atoms with Crippen molar-refractivity contribution in [2.45, 2.75) is 39.7 Å². The fourth-order valence-electron chi connectivity index (χ4n) is 3.22. The van der Waals surface area contributed by atoms with Crippen LogP contribution in [0.15, 0.2) is 16.9 Å². The number of likely N-dealkylation sites (N-methyl/N-ethyl adjacent to an activating group) is 1. The van der Waals surface area contributed by atoms with Gasteiger partial charge in [0, 0.05) is 44.5 Å². The Morgan fingerprint density at radius 1 is 1.17 bits per heavy atom. The molecule has 8 nitrogen and oxygen atoms in total. The quantitative estimate of drug-likeness (QED) is 0.605. The van der Waals surface area contributed by atoms with Gasteiger partial charge in [-0.1, -0.05) is 10.3 Å². The summed E-state index contributed by atoms with van der Waals surface area (Å²) in [5.74, 6) is -0.109. The molecule has 0 saturated carbocycles. The Hall–Kier alpha value is -2.95. The molecule has 0 fully saturated rings.